The summed E-state index contributed by atoms with van der Waals surface area (Å²) in [5, 5.41) is 7.57. The lowest BCUT2D eigenvalue weighted by Crippen LogP contribution is -2.45. The van der Waals surface area contributed by atoms with Gasteiger partial charge in [-0.15, -0.1) is 0 Å². The molecule has 3 nitrogen and oxygen atoms in total. The maximum absolute atomic E-state index is 13.2. The van der Waals surface area contributed by atoms with E-state index in [9.17, 15) is 4.79 Å². The molecule has 1 atom stereocenters. The van der Waals surface area contributed by atoms with E-state index in [1.54, 1.807) is 11.3 Å². The molecular formula is C26H28N2OS. The number of fused-ring (bicyclic) bond motifs is 1. The number of hydrogen-bond acceptors (Lipinski definition) is 3. The highest BCUT2D eigenvalue weighted by molar-refractivity contribution is 7.08. The van der Waals surface area contributed by atoms with Crippen LogP contribution in [-0.4, -0.2) is 29.9 Å². The van der Waals surface area contributed by atoms with Crippen LogP contribution in [0.3, 0.4) is 0 Å². The Morgan fingerprint density at radius 3 is 2.20 bits per heavy atom. The van der Waals surface area contributed by atoms with Crippen molar-refractivity contribution in [2.75, 3.05) is 13.1 Å². The minimum atomic E-state index is -0.0627. The highest BCUT2D eigenvalue weighted by Crippen LogP contribution is 2.30. The second-order valence-corrected chi connectivity index (χ2v) is 9.33. The summed E-state index contributed by atoms with van der Waals surface area (Å²) in [6.07, 6.45) is 4.20. The molecule has 1 N–H and O–H groups in total. The normalized spacial score (nSPS) is 18.8. The van der Waals surface area contributed by atoms with E-state index < -0.39 is 0 Å². The van der Waals surface area contributed by atoms with E-state index in [0.29, 0.717) is 6.04 Å². The topological polar surface area (TPSA) is 32.3 Å². The summed E-state index contributed by atoms with van der Waals surface area (Å²) in [5.41, 5.74) is 5.32. The molecule has 0 radical (unpaired) electrons. The monoisotopic (exact) mass is 416 g/mol. The van der Waals surface area contributed by atoms with Gasteiger partial charge in [-0.3, -0.25) is 9.69 Å². The number of nitrogens with zero attached hydrogens (tertiary/aromatic N) is 1. The minimum absolute atomic E-state index is 0.0627. The van der Waals surface area contributed by atoms with Crippen molar-refractivity contribution in [2.24, 2.45) is 5.92 Å². The number of hydrogen-bond donors (Lipinski definition) is 1. The molecule has 0 saturated carbocycles. The van der Waals surface area contributed by atoms with Crippen LogP contribution < -0.4 is 5.32 Å². The van der Waals surface area contributed by atoms with E-state index in [4.69, 9.17) is 0 Å². The van der Waals surface area contributed by atoms with E-state index in [1.165, 1.54) is 16.7 Å². The molecule has 3 aromatic rings. The number of benzene rings is 2. The first-order valence-corrected chi connectivity index (χ1v) is 11.9. The molecule has 1 aromatic heterocycles. The summed E-state index contributed by atoms with van der Waals surface area (Å²) in [5.74, 6) is 0.305. The highest BCUT2D eigenvalue weighted by atomic mass is 32.1. The predicted molar refractivity (Wildman–Crippen MR) is 123 cm³/mol. The van der Waals surface area contributed by atoms with Crippen molar-refractivity contribution in [3.05, 3.63) is 93.7 Å². The summed E-state index contributed by atoms with van der Waals surface area (Å²) in [6.45, 7) is 2.04. The van der Waals surface area contributed by atoms with Gasteiger partial charge in [0.15, 0.2) is 0 Å². The van der Waals surface area contributed by atoms with Crippen LogP contribution in [0.5, 0.6) is 0 Å². The quantitative estimate of drug-likeness (QED) is 0.646. The van der Waals surface area contributed by atoms with Gasteiger partial charge in [0.05, 0.1) is 6.04 Å². The van der Waals surface area contributed by atoms with E-state index in [-0.39, 0.29) is 17.9 Å². The standard InChI is InChI=1S/C26H28N2OS/c29-26(27-25(23-12-15-30-18-23)19-6-2-1-3-7-19)20-10-13-28(14-11-20)24-16-21-8-4-5-9-22(21)17-24/h1-9,12,15,18,20,24-25H,10-11,13-14,16-17H2,(H,27,29). The first kappa shape index (κ1) is 19.5. The van der Waals surface area contributed by atoms with Gasteiger partial charge in [0.25, 0.3) is 0 Å². The van der Waals surface area contributed by atoms with Crippen LogP contribution in [-0.2, 0) is 17.6 Å². The van der Waals surface area contributed by atoms with Gasteiger partial charge in [0.1, 0.15) is 0 Å². The van der Waals surface area contributed by atoms with Crippen molar-refractivity contribution >= 4 is 17.2 Å². The van der Waals surface area contributed by atoms with Crippen LogP contribution in [0.1, 0.15) is 41.1 Å². The fourth-order valence-corrected chi connectivity index (χ4v) is 5.71. The number of likely N-dealkylation sites (tertiary alicyclic amines) is 1. The molecule has 2 heterocycles. The molecular weight excluding hydrogens is 388 g/mol. The van der Waals surface area contributed by atoms with E-state index in [2.05, 4.69) is 63.4 Å². The minimum Gasteiger partial charge on any atom is -0.345 e. The van der Waals surface area contributed by atoms with Crippen LogP contribution in [0.15, 0.2) is 71.4 Å². The first-order chi connectivity index (χ1) is 14.8. The molecule has 1 fully saturated rings. The second-order valence-electron chi connectivity index (χ2n) is 8.55. The van der Waals surface area contributed by atoms with Crippen LogP contribution in [0.25, 0.3) is 0 Å². The number of rotatable bonds is 5. The maximum atomic E-state index is 13.2. The SMILES string of the molecule is O=C(NC(c1ccccc1)c1ccsc1)C1CCN(C2Cc3ccccc3C2)CC1. The van der Waals surface area contributed by atoms with Crippen molar-refractivity contribution in [1.82, 2.24) is 10.2 Å². The fourth-order valence-electron chi connectivity index (χ4n) is 5.02. The lowest BCUT2D eigenvalue weighted by molar-refractivity contribution is -0.127. The molecule has 1 aliphatic carbocycles. The molecule has 1 saturated heterocycles. The van der Waals surface area contributed by atoms with Gasteiger partial charge >= 0.3 is 0 Å². The zero-order chi connectivity index (χ0) is 20.3. The molecule has 4 heteroatoms. The van der Waals surface area contributed by atoms with Crippen LogP contribution >= 0.6 is 11.3 Å². The fraction of sp³-hybridized carbons (Fsp3) is 0.346. The van der Waals surface area contributed by atoms with Crippen molar-refractivity contribution in [3.8, 4) is 0 Å². The van der Waals surface area contributed by atoms with Crippen molar-refractivity contribution in [2.45, 2.75) is 37.8 Å². The Kier molecular flexibility index (Phi) is 5.69. The first-order valence-electron chi connectivity index (χ1n) is 11.0. The Hall–Kier alpha value is -2.43. The van der Waals surface area contributed by atoms with Crippen molar-refractivity contribution in [3.63, 3.8) is 0 Å². The molecule has 1 unspecified atom stereocenters. The Morgan fingerprint density at radius 1 is 0.900 bits per heavy atom. The number of carbonyl (C=O) groups excluding carboxylic acids is 1. The van der Waals surface area contributed by atoms with Gasteiger partial charge in [0.2, 0.25) is 5.91 Å². The molecule has 2 aromatic carbocycles. The lowest BCUT2D eigenvalue weighted by Gasteiger charge is -2.36. The summed E-state index contributed by atoms with van der Waals surface area (Å²) in [7, 11) is 0. The van der Waals surface area contributed by atoms with E-state index in [0.717, 1.165) is 44.3 Å². The van der Waals surface area contributed by atoms with Gasteiger partial charge in [-0.1, -0.05) is 54.6 Å². The Bertz CT molecular complexity index is 952. The molecule has 2 aliphatic rings. The number of amides is 1. The zero-order valence-corrected chi connectivity index (χ0v) is 18.0. The number of thiophene rings is 1. The van der Waals surface area contributed by atoms with Gasteiger partial charge in [0, 0.05) is 12.0 Å². The van der Waals surface area contributed by atoms with Crippen LogP contribution in [0.2, 0.25) is 0 Å². The molecule has 154 valence electrons. The summed E-state index contributed by atoms with van der Waals surface area (Å²) in [6, 6.07) is 21.8. The second kappa shape index (κ2) is 8.75. The molecule has 0 spiro atoms. The zero-order valence-electron chi connectivity index (χ0n) is 17.2. The predicted octanol–water partition coefficient (Wildman–Crippen LogP) is 4.83. The lowest BCUT2D eigenvalue weighted by atomic mass is 9.93. The van der Waals surface area contributed by atoms with Gasteiger partial charge < -0.3 is 5.32 Å². The smallest absolute Gasteiger partial charge is 0.223 e. The van der Waals surface area contributed by atoms with Crippen molar-refractivity contribution in [1.29, 1.82) is 0 Å². The number of carbonyl (C=O) groups is 1. The summed E-state index contributed by atoms with van der Waals surface area (Å²) < 4.78 is 0. The summed E-state index contributed by atoms with van der Waals surface area (Å²) >= 11 is 1.68. The summed E-state index contributed by atoms with van der Waals surface area (Å²) in [4.78, 5) is 15.8. The van der Waals surface area contributed by atoms with E-state index >= 15 is 0 Å². The average Bonchev–Trinajstić information content (AvgIpc) is 3.48. The number of piperidine rings is 1. The third-order valence-corrected chi connectivity index (χ3v) is 7.44. The van der Waals surface area contributed by atoms with Gasteiger partial charge in [-0.05, 0) is 77.9 Å². The van der Waals surface area contributed by atoms with Crippen LogP contribution in [0, 0.1) is 5.92 Å². The molecule has 5 rings (SSSR count). The Labute approximate surface area is 182 Å². The van der Waals surface area contributed by atoms with Gasteiger partial charge in [-0.25, -0.2) is 0 Å². The third kappa shape index (κ3) is 4.07. The molecule has 0 bridgehead atoms. The molecule has 30 heavy (non-hydrogen) atoms. The Balaban J connectivity index is 1.20. The van der Waals surface area contributed by atoms with Gasteiger partial charge in [-0.2, -0.15) is 11.3 Å². The maximum Gasteiger partial charge on any atom is 0.223 e. The Morgan fingerprint density at radius 2 is 1.57 bits per heavy atom. The third-order valence-electron chi connectivity index (χ3n) is 6.74. The molecule has 1 amide bonds. The van der Waals surface area contributed by atoms with E-state index in [1.807, 2.05) is 18.2 Å². The van der Waals surface area contributed by atoms with Crippen LogP contribution in [0.4, 0.5) is 0 Å². The number of nitrogens with one attached hydrogen (secondary N) is 1. The van der Waals surface area contributed by atoms with Crippen molar-refractivity contribution < 1.29 is 4.79 Å². The largest absolute Gasteiger partial charge is 0.345 e. The molecule has 1 aliphatic heterocycles. The average molecular weight is 417 g/mol. The highest BCUT2D eigenvalue weighted by Gasteiger charge is 2.32.